The number of aromatic carboxylic acids is 1. The van der Waals surface area contributed by atoms with Gasteiger partial charge in [0.2, 0.25) is 0 Å². The number of hydrogen-bond acceptors (Lipinski definition) is 6. The van der Waals surface area contributed by atoms with Crippen LogP contribution in [-0.2, 0) is 11.3 Å². The van der Waals surface area contributed by atoms with Gasteiger partial charge in [-0.1, -0.05) is 34.4 Å². The Kier molecular flexibility index (Phi) is 5.95. The Balaban J connectivity index is 1.04. The van der Waals surface area contributed by atoms with Crippen molar-refractivity contribution in [1.29, 1.82) is 0 Å². The van der Waals surface area contributed by atoms with E-state index < -0.39 is 5.97 Å². The van der Waals surface area contributed by atoms with Crippen molar-refractivity contribution in [3.8, 4) is 11.3 Å². The van der Waals surface area contributed by atoms with Gasteiger partial charge in [0.15, 0.2) is 0 Å². The molecular weight excluding hydrogens is 525 g/mol. The number of anilines is 1. The van der Waals surface area contributed by atoms with Crippen molar-refractivity contribution >= 4 is 34.9 Å². The normalized spacial score (nSPS) is 28.1. The first-order valence-electron chi connectivity index (χ1n) is 13.4. The lowest BCUT2D eigenvalue weighted by molar-refractivity contribution is -0.103. The molecule has 2 unspecified atom stereocenters. The minimum absolute atomic E-state index is 0.203. The van der Waals surface area contributed by atoms with Crippen LogP contribution in [0.3, 0.4) is 0 Å². The topological polar surface area (TPSA) is 88.7 Å². The molecule has 0 radical (unpaired) electrons. The molecule has 1 aromatic carbocycles. The first kappa shape index (κ1) is 24.4. The molecule has 2 atom stereocenters. The van der Waals surface area contributed by atoms with Gasteiger partial charge >= 0.3 is 5.97 Å². The minimum atomic E-state index is -0.934. The van der Waals surface area contributed by atoms with E-state index >= 15 is 0 Å². The van der Waals surface area contributed by atoms with Crippen LogP contribution in [0, 0.1) is 5.41 Å². The highest BCUT2D eigenvalue weighted by molar-refractivity contribution is 6.39. The molecule has 9 heteroatoms. The monoisotopic (exact) mass is 553 g/mol. The molecule has 2 aliphatic carbocycles. The summed E-state index contributed by atoms with van der Waals surface area (Å²) in [6.45, 7) is 0.444. The molecule has 0 amide bonds. The number of fused-ring (bicyclic) bond motifs is 2. The van der Waals surface area contributed by atoms with Crippen molar-refractivity contribution in [1.82, 2.24) is 10.1 Å². The van der Waals surface area contributed by atoms with Gasteiger partial charge in [0, 0.05) is 35.3 Å². The van der Waals surface area contributed by atoms with E-state index in [1.54, 1.807) is 6.07 Å². The number of nitrogens with zero attached hydrogens (tertiary/aromatic N) is 3. The Hall–Kier alpha value is -2.61. The maximum Gasteiger partial charge on any atom is 0.337 e. The number of carbonyl (C=O) groups is 1. The van der Waals surface area contributed by atoms with Crippen molar-refractivity contribution in [3.05, 3.63) is 63.6 Å². The van der Waals surface area contributed by atoms with Crippen molar-refractivity contribution < 1.29 is 19.2 Å². The maximum absolute atomic E-state index is 11.5. The van der Waals surface area contributed by atoms with Crippen LogP contribution < -0.4 is 4.90 Å². The van der Waals surface area contributed by atoms with Crippen LogP contribution in [-0.4, -0.2) is 39.4 Å². The second kappa shape index (κ2) is 9.25. The Morgan fingerprint density at radius 1 is 1.08 bits per heavy atom. The van der Waals surface area contributed by atoms with Crippen LogP contribution in [0.5, 0.6) is 0 Å². The summed E-state index contributed by atoms with van der Waals surface area (Å²) in [6, 6.07) is 8.09. The highest BCUT2D eigenvalue weighted by Gasteiger charge is 2.54. The number of benzene rings is 1. The molecule has 1 spiro atoms. The predicted octanol–water partition coefficient (Wildman–Crippen LogP) is 7.12. The molecule has 2 bridgehead atoms. The summed E-state index contributed by atoms with van der Waals surface area (Å²) in [5.41, 5.74) is 3.86. The fraction of sp³-hybridized carbons (Fsp3) is 0.483. The average Bonchev–Trinajstić information content (AvgIpc) is 3.58. The fourth-order valence-electron chi connectivity index (χ4n) is 7.16. The Morgan fingerprint density at radius 2 is 1.79 bits per heavy atom. The molecule has 4 fully saturated rings. The third-order valence-corrected chi connectivity index (χ3v) is 9.61. The molecule has 3 aromatic rings. The molecule has 38 heavy (non-hydrogen) atoms. The lowest BCUT2D eigenvalue weighted by Crippen LogP contribution is -2.54. The summed E-state index contributed by atoms with van der Waals surface area (Å²) in [4.78, 5) is 18.1. The maximum atomic E-state index is 11.5. The van der Waals surface area contributed by atoms with Gasteiger partial charge in [-0.25, -0.2) is 4.79 Å². The minimum Gasteiger partial charge on any atom is -0.478 e. The standard InChI is InChI=1S/C29H29Cl2N3O4/c30-23-2-1-3-24(31)25(23)26-22(27(38-33-26)16-4-5-16)15-37-21-11-29(12-21)9-18-6-7-19(10-29)34(18)20-8-17(28(35)36)13-32-14-20/h1-3,8,13-14,16,18-19,21H,4-7,9-12,15H2,(H,35,36). The molecule has 2 saturated carbocycles. The lowest BCUT2D eigenvalue weighted by Gasteiger charge is -2.55. The number of carboxylic acids is 1. The number of carboxylic acid groups (broad SMARTS) is 1. The van der Waals surface area contributed by atoms with Crippen LogP contribution in [0.25, 0.3) is 11.3 Å². The lowest BCUT2D eigenvalue weighted by atomic mass is 9.59. The summed E-state index contributed by atoms with van der Waals surface area (Å²) in [6.07, 6.45) is 12.2. The fourth-order valence-corrected chi connectivity index (χ4v) is 7.74. The number of piperidine rings is 1. The molecule has 7 nitrogen and oxygen atoms in total. The SMILES string of the molecule is O=C(O)c1cncc(N2C3CCC2CC2(CC(OCc4c(-c5c(Cl)cccc5Cl)noc4C4CC4)C2)C3)c1. The van der Waals surface area contributed by atoms with Crippen molar-refractivity contribution in [2.24, 2.45) is 5.41 Å². The third kappa shape index (κ3) is 4.19. The zero-order valence-electron chi connectivity index (χ0n) is 20.9. The van der Waals surface area contributed by atoms with E-state index in [1.807, 2.05) is 24.4 Å². The highest BCUT2D eigenvalue weighted by atomic mass is 35.5. The van der Waals surface area contributed by atoms with Crippen LogP contribution in [0.15, 0.2) is 41.2 Å². The first-order chi connectivity index (χ1) is 18.4. The average molecular weight is 554 g/mol. The Bertz CT molecular complexity index is 1360. The summed E-state index contributed by atoms with van der Waals surface area (Å²) < 4.78 is 12.3. The molecular formula is C29H29Cl2N3O4. The molecule has 2 aromatic heterocycles. The van der Waals surface area contributed by atoms with E-state index in [2.05, 4.69) is 15.0 Å². The molecule has 4 aliphatic rings. The number of rotatable bonds is 7. The second-order valence-corrected chi connectivity index (χ2v) is 12.3. The zero-order chi connectivity index (χ0) is 26.0. The van der Waals surface area contributed by atoms with Gasteiger partial charge in [-0.3, -0.25) is 4.98 Å². The third-order valence-electron chi connectivity index (χ3n) is 8.98. The number of pyridine rings is 1. The quantitative estimate of drug-likeness (QED) is 0.333. The van der Waals surface area contributed by atoms with Crippen molar-refractivity contribution in [2.45, 2.75) is 82.1 Å². The van der Waals surface area contributed by atoms with Crippen LogP contribution in [0.4, 0.5) is 5.69 Å². The van der Waals surface area contributed by atoms with E-state index in [9.17, 15) is 9.90 Å². The number of aromatic nitrogens is 2. The van der Waals surface area contributed by atoms with Crippen molar-refractivity contribution in [2.75, 3.05) is 4.90 Å². The van der Waals surface area contributed by atoms with Crippen LogP contribution in [0.1, 0.15) is 79.0 Å². The smallest absolute Gasteiger partial charge is 0.337 e. The zero-order valence-corrected chi connectivity index (χ0v) is 22.4. The summed E-state index contributed by atoms with van der Waals surface area (Å²) >= 11 is 13.0. The van der Waals surface area contributed by atoms with Crippen LogP contribution in [0.2, 0.25) is 10.0 Å². The van der Waals surface area contributed by atoms with E-state index in [4.69, 9.17) is 32.5 Å². The molecule has 7 rings (SSSR count). The number of hydrogen-bond donors (Lipinski definition) is 1. The molecule has 4 heterocycles. The van der Waals surface area contributed by atoms with Gasteiger partial charge in [-0.05, 0) is 75.0 Å². The first-order valence-corrected chi connectivity index (χ1v) is 14.2. The van der Waals surface area contributed by atoms with Gasteiger partial charge < -0.3 is 19.3 Å². The molecule has 2 saturated heterocycles. The molecule has 2 aliphatic heterocycles. The Morgan fingerprint density at radius 3 is 2.45 bits per heavy atom. The Labute approximate surface area is 231 Å². The second-order valence-electron chi connectivity index (χ2n) is 11.5. The molecule has 198 valence electrons. The summed E-state index contributed by atoms with van der Waals surface area (Å²) in [7, 11) is 0. The largest absolute Gasteiger partial charge is 0.478 e. The van der Waals surface area contributed by atoms with E-state index in [1.165, 1.54) is 6.20 Å². The number of ether oxygens (including phenoxy) is 1. The van der Waals surface area contributed by atoms with Gasteiger partial charge in [0.25, 0.3) is 0 Å². The van der Waals surface area contributed by atoms with E-state index in [0.29, 0.717) is 51.3 Å². The van der Waals surface area contributed by atoms with Gasteiger partial charge in [-0.15, -0.1) is 0 Å². The summed E-state index contributed by atoms with van der Waals surface area (Å²) in [5, 5.41) is 14.9. The molecule has 1 N–H and O–H groups in total. The van der Waals surface area contributed by atoms with Gasteiger partial charge in [0.1, 0.15) is 11.5 Å². The summed E-state index contributed by atoms with van der Waals surface area (Å²) in [5.74, 6) is 0.378. The highest BCUT2D eigenvalue weighted by Crippen LogP contribution is 2.58. The van der Waals surface area contributed by atoms with E-state index in [-0.39, 0.29) is 11.7 Å². The van der Waals surface area contributed by atoms with E-state index in [0.717, 1.165) is 68.4 Å². The van der Waals surface area contributed by atoms with Gasteiger partial charge in [0.05, 0.1) is 40.2 Å². The van der Waals surface area contributed by atoms with Gasteiger partial charge in [-0.2, -0.15) is 0 Å². The number of halogens is 2. The van der Waals surface area contributed by atoms with Crippen molar-refractivity contribution in [3.63, 3.8) is 0 Å². The predicted molar refractivity (Wildman–Crippen MR) is 144 cm³/mol. The van der Waals surface area contributed by atoms with Crippen LogP contribution >= 0.6 is 23.2 Å².